The number of nitrogens with zero attached hydrogens (tertiary/aromatic N) is 4. The fourth-order valence-electron chi connectivity index (χ4n) is 2.42. The van der Waals surface area contributed by atoms with Gasteiger partial charge in [-0.05, 0) is 6.07 Å². The Bertz CT molecular complexity index is 694. The predicted octanol–water partition coefficient (Wildman–Crippen LogP) is -0.452. The molecule has 0 spiro atoms. The first-order valence-corrected chi connectivity index (χ1v) is 6.06. The van der Waals surface area contributed by atoms with Crippen molar-refractivity contribution in [3.05, 3.63) is 18.6 Å². The largest absolute Gasteiger partial charge is 0.392 e. The normalized spacial score (nSPS) is 29.6. The lowest BCUT2D eigenvalue weighted by atomic mass is 10.00. The van der Waals surface area contributed by atoms with Crippen LogP contribution in [-0.4, -0.2) is 43.1 Å². The maximum atomic E-state index is 9.96. The molecule has 104 valence electrons. The van der Waals surface area contributed by atoms with Gasteiger partial charge in [0.15, 0.2) is 0 Å². The van der Waals surface area contributed by atoms with Gasteiger partial charge in [-0.25, -0.2) is 9.97 Å². The van der Waals surface area contributed by atoms with Crippen molar-refractivity contribution in [1.29, 1.82) is 5.26 Å². The van der Waals surface area contributed by atoms with E-state index >= 15 is 0 Å². The van der Waals surface area contributed by atoms with E-state index in [2.05, 4.69) is 9.97 Å². The summed E-state index contributed by atoms with van der Waals surface area (Å²) in [7, 11) is 0. The zero-order valence-corrected chi connectivity index (χ0v) is 10.5. The molecule has 1 aliphatic rings. The van der Waals surface area contributed by atoms with Crippen molar-refractivity contribution >= 4 is 16.9 Å². The zero-order valence-electron chi connectivity index (χ0n) is 10.5. The molecule has 0 radical (unpaired) electrons. The highest BCUT2D eigenvalue weighted by Crippen LogP contribution is 2.38. The van der Waals surface area contributed by atoms with E-state index in [0.29, 0.717) is 16.9 Å². The molecule has 0 aliphatic carbocycles. The molecular weight excluding hydrogens is 262 g/mol. The van der Waals surface area contributed by atoms with Crippen LogP contribution in [0.4, 0.5) is 5.82 Å². The van der Waals surface area contributed by atoms with E-state index in [1.165, 1.54) is 6.33 Å². The molecule has 1 fully saturated rings. The number of rotatable bonds is 2. The van der Waals surface area contributed by atoms with Gasteiger partial charge in [-0.1, -0.05) is 0 Å². The molecule has 3 heterocycles. The summed E-state index contributed by atoms with van der Waals surface area (Å²) in [4.78, 5) is 8.03. The Morgan fingerprint density at radius 2 is 2.40 bits per heavy atom. The van der Waals surface area contributed by atoms with Crippen LogP contribution in [0.1, 0.15) is 12.6 Å². The average Bonchev–Trinajstić information content (AvgIpc) is 3.01. The summed E-state index contributed by atoms with van der Waals surface area (Å²) in [6.45, 7) is -0.572. The van der Waals surface area contributed by atoms with Gasteiger partial charge in [0.05, 0.1) is 12.0 Å². The quantitative estimate of drug-likeness (QED) is 0.676. The van der Waals surface area contributed by atoms with Crippen molar-refractivity contribution in [2.75, 3.05) is 12.3 Å². The van der Waals surface area contributed by atoms with Crippen LogP contribution in [0.2, 0.25) is 0 Å². The van der Waals surface area contributed by atoms with Crippen LogP contribution in [0, 0.1) is 11.3 Å². The Morgan fingerprint density at radius 1 is 1.60 bits per heavy atom. The van der Waals surface area contributed by atoms with Crippen LogP contribution >= 0.6 is 0 Å². The van der Waals surface area contributed by atoms with Crippen molar-refractivity contribution in [2.45, 2.75) is 24.4 Å². The number of hydrogen-bond acceptors (Lipinski definition) is 7. The lowest BCUT2D eigenvalue weighted by Crippen LogP contribution is -2.41. The smallest absolute Gasteiger partial charge is 0.205 e. The second-order valence-corrected chi connectivity index (χ2v) is 4.70. The van der Waals surface area contributed by atoms with E-state index in [1.54, 1.807) is 16.8 Å². The molecule has 3 atom stereocenters. The summed E-state index contributed by atoms with van der Waals surface area (Å²) >= 11 is 0. The number of fused-ring (bicyclic) bond motifs is 1. The molecule has 2 aromatic rings. The Hall–Kier alpha value is -2.21. The third kappa shape index (κ3) is 1.65. The molecule has 8 nitrogen and oxygen atoms in total. The standard InChI is InChI=1S/C12H13N5O3/c13-4-12(5-18)8(19)3-9(20-12)17-2-1-7-10(14)15-6-16-11(7)17/h1-2,6,8-9,18-19H,3,5H2,(H2,14,15,16). The number of nitrogen functional groups attached to an aromatic ring is 1. The molecule has 0 amide bonds. The van der Waals surface area contributed by atoms with Crippen molar-refractivity contribution in [3.63, 3.8) is 0 Å². The Morgan fingerprint density at radius 3 is 3.05 bits per heavy atom. The molecule has 4 N–H and O–H groups in total. The van der Waals surface area contributed by atoms with E-state index in [1.807, 2.05) is 6.07 Å². The minimum absolute atomic E-state index is 0.182. The molecule has 3 rings (SSSR count). The first kappa shape index (κ1) is 12.8. The summed E-state index contributed by atoms with van der Waals surface area (Å²) in [5.41, 5.74) is 4.71. The minimum atomic E-state index is -1.60. The van der Waals surface area contributed by atoms with Gasteiger partial charge in [-0.15, -0.1) is 0 Å². The number of aliphatic hydroxyl groups is 2. The highest BCUT2D eigenvalue weighted by molar-refractivity contribution is 5.86. The van der Waals surface area contributed by atoms with Crippen LogP contribution in [0.3, 0.4) is 0 Å². The number of nitriles is 1. The monoisotopic (exact) mass is 275 g/mol. The van der Waals surface area contributed by atoms with Gasteiger partial charge in [0, 0.05) is 12.6 Å². The highest BCUT2D eigenvalue weighted by Gasteiger charge is 2.49. The highest BCUT2D eigenvalue weighted by atomic mass is 16.6. The Labute approximate surface area is 114 Å². The molecule has 1 aliphatic heterocycles. The van der Waals surface area contributed by atoms with E-state index in [-0.39, 0.29) is 6.42 Å². The maximum absolute atomic E-state index is 9.96. The van der Waals surface area contributed by atoms with Gasteiger partial charge in [0.25, 0.3) is 0 Å². The second-order valence-electron chi connectivity index (χ2n) is 4.70. The molecule has 3 unspecified atom stereocenters. The van der Waals surface area contributed by atoms with Crippen molar-refractivity contribution in [1.82, 2.24) is 14.5 Å². The molecule has 20 heavy (non-hydrogen) atoms. The summed E-state index contributed by atoms with van der Waals surface area (Å²) < 4.78 is 7.22. The number of ether oxygens (including phenoxy) is 1. The van der Waals surface area contributed by atoms with Crippen molar-refractivity contribution in [3.8, 4) is 6.07 Å². The van der Waals surface area contributed by atoms with Gasteiger partial charge in [0.1, 0.15) is 36.2 Å². The summed E-state index contributed by atoms with van der Waals surface area (Å²) in [5.74, 6) is 0.348. The molecule has 2 aromatic heterocycles. The zero-order chi connectivity index (χ0) is 14.3. The number of nitrogens with two attached hydrogens (primary N) is 1. The van der Waals surface area contributed by atoms with Gasteiger partial charge in [-0.3, -0.25) is 0 Å². The fourth-order valence-corrected chi connectivity index (χ4v) is 2.42. The third-order valence-corrected chi connectivity index (χ3v) is 3.58. The second kappa shape index (κ2) is 4.42. The number of aromatic nitrogens is 3. The van der Waals surface area contributed by atoms with E-state index < -0.39 is 24.5 Å². The number of anilines is 1. The van der Waals surface area contributed by atoms with E-state index in [9.17, 15) is 10.2 Å². The third-order valence-electron chi connectivity index (χ3n) is 3.58. The lowest BCUT2D eigenvalue weighted by Gasteiger charge is -2.21. The Balaban J connectivity index is 2.02. The van der Waals surface area contributed by atoms with Crippen LogP contribution in [-0.2, 0) is 4.74 Å². The van der Waals surface area contributed by atoms with Crippen LogP contribution in [0.5, 0.6) is 0 Å². The van der Waals surface area contributed by atoms with Crippen LogP contribution in [0.15, 0.2) is 18.6 Å². The molecule has 8 heteroatoms. The first-order chi connectivity index (χ1) is 9.61. The topological polar surface area (TPSA) is 130 Å². The first-order valence-electron chi connectivity index (χ1n) is 6.06. The summed E-state index contributed by atoms with van der Waals surface area (Å²) in [5, 5.41) is 29.0. The molecule has 0 saturated carbocycles. The predicted molar refractivity (Wildman–Crippen MR) is 68.1 cm³/mol. The van der Waals surface area contributed by atoms with Crippen molar-refractivity contribution < 1.29 is 14.9 Å². The average molecular weight is 275 g/mol. The van der Waals surface area contributed by atoms with Gasteiger partial charge in [0.2, 0.25) is 5.60 Å². The summed E-state index contributed by atoms with van der Waals surface area (Å²) in [6.07, 6.45) is 1.56. The van der Waals surface area contributed by atoms with E-state index in [4.69, 9.17) is 15.7 Å². The van der Waals surface area contributed by atoms with Gasteiger partial charge < -0.3 is 25.3 Å². The summed E-state index contributed by atoms with van der Waals surface area (Å²) in [6, 6.07) is 3.58. The fraction of sp³-hybridized carbons (Fsp3) is 0.417. The molecule has 0 aromatic carbocycles. The molecule has 0 bridgehead atoms. The minimum Gasteiger partial charge on any atom is -0.392 e. The molecule has 1 saturated heterocycles. The number of aliphatic hydroxyl groups excluding tert-OH is 2. The van der Waals surface area contributed by atoms with Crippen LogP contribution < -0.4 is 5.73 Å². The number of hydrogen-bond donors (Lipinski definition) is 3. The maximum Gasteiger partial charge on any atom is 0.205 e. The Kier molecular flexibility index (Phi) is 2.83. The lowest BCUT2D eigenvalue weighted by molar-refractivity contribution is -0.0903. The van der Waals surface area contributed by atoms with Crippen molar-refractivity contribution in [2.24, 2.45) is 0 Å². The van der Waals surface area contributed by atoms with Gasteiger partial charge >= 0.3 is 0 Å². The van der Waals surface area contributed by atoms with Gasteiger partial charge in [-0.2, -0.15) is 5.26 Å². The van der Waals surface area contributed by atoms with E-state index in [0.717, 1.165) is 0 Å². The van der Waals surface area contributed by atoms with Crippen LogP contribution in [0.25, 0.3) is 11.0 Å². The SMILES string of the molecule is N#CC1(CO)OC(n2ccc3c(N)ncnc32)CC1O. The molecular formula is C12H13N5O3.